The molecule has 15 heteroatoms. The molecular formula is C30H31F6N7O2. The molecule has 2 aromatic carbocycles. The highest BCUT2D eigenvalue weighted by Crippen LogP contribution is 2.30. The van der Waals surface area contributed by atoms with Crippen LogP contribution in [0.3, 0.4) is 0 Å². The zero-order valence-electron chi connectivity index (χ0n) is 24.2. The Morgan fingerprint density at radius 2 is 1.73 bits per heavy atom. The molecule has 240 valence electrons. The quantitative estimate of drug-likeness (QED) is 0.151. The number of rotatable bonds is 10. The number of aryl methyl sites for hydroxylation is 1. The number of aromatic nitrogens is 3. The Kier molecular flexibility index (Phi) is 9.60. The second kappa shape index (κ2) is 13.4. The highest BCUT2D eigenvalue weighted by atomic mass is 19.4. The first-order chi connectivity index (χ1) is 21.3. The molecule has 0 atom stereocenters. The summed E-state index contributed by atoms with van der Waals surface area (Å²) in [6, 6.07) is 13.6. The fraction of sp³-hybridized carbons (Fsp3) is 0.367. The van der Waals surface area contributed by atoms with Crippen LogP contribution >= 0.6 is 0 Å². The number of hydrogen-bond donors (Lipinski definition) is 3. The van der Waals surface area contributed by atoms with Gasteiger partial charge < -0.3 is 10.1 Å². The van der Waals surface area contributed by atoms with Gasteiger partial charge in [-0.25, -0.2) is 15.4 Å². The van der Waals surface area contributed by atoms with Gasteiger partial charge in [-0.2, -0.15) is 37.0 Å². The van der Waals surface area contributed by atoms with E-state index in [1.165, 1.54) is 18.2 Å². The van der Waals surface area contributed by atoms with Crippen molar-refractivity contribution in [1.29, 1.82) is 0 Å². The number of alkyl halides is 6. The van der Waals surface area contributed by atoms with E-state index in [0.717, 1.165) is 42.9 Å². The van der Waals surface area contributed by atoms with E-state index >= 15 is 0 Å². The van der Waals surface area contributed by atoms with Crippen LogP contribution in [0.15, 0.2) is 60.8 Å². The number of carbonyl (C=O) groups excluding carboxylic acids is 1. The Balaban J connectivity index is 1.05. The van der Waals surface area contributed by atoms with Crippen LogP contribution < -0.4 is 21.0 Å². The number of halogens is 6. The molecule has 3 N–H and O–H groups in total. The normalized spacial score (nSPS) is 15.0. The molecule has 1 fully saturated rings. The van der Waals surface area contributed by atoms with Crippen molar-refractivity contribution in [3.05, 3.63) is 83.2 Å². The molecule has 0 unspecified atom stereocenters. The average molecular weight is 636 g/mol. The average Bonchev–Trinajstić information content (AvgIpc) is 3.41. The van der Waals surface area contributed by atoms with Gasteiger partial charge in [0.1, 0.15) is 18.0 Å². The van der Waals surface area contributed by atoms with E-state index in [0.29, 0.717) is 35.8 Å². The molecule has 1 saturated heterocycles. The smallest absolute Gasteiger partial charge is 0.433 e. The fourth-order valence-electron chi connectivity index (χ4n) is 5.07. The van der Waals surface area contributed by atoms with Gasteiger partial charge in [0.25, 0.3) is 5.91 Å². The summed E-state index contributed by atoms with van der Waals surface area (Å²) >= 11 is 0. The minimum atomic E-state index is -4.55. The van der Waals surface area contributed by atoms with Gasteiger partial charge in [0.2, 0.25) is 5.88 Å². The van der Waals surface area contributed by atoms with Crippen LogP contribution in [0, 0.1) is 12.8 Å². The number of nitrogens with zero attached hydrogens (tertiary/aromatic N) is 4. The Bertz CT molecular complexity index is 1610. The van der Waals surface area contributed by atoms with Crippen molar-refractivity contribution in [2.75, 3.05) is 19.6 Å². The first-order valence-electron chi connectivity index (χ1n) is 14.2. The third-order valence-corrected chi connectivity index (χ3v) is 7.45. The topological polar surface area (TPSA) is 96.3 Å². The molecule has 1 amide bonds. The number of hydrazine groups is 2. The lowest BCUT2D eigenvalue weighted by molar-refractivity contribution is -0.141. The number of carbonyl (C=O) groups is 1. The second-order valence-corrected chi connectivity index (χ2v) is 10.8. The van der Waals surface area contributed by atoms with Crippen molar-refractivity contribution in [2.45, 2.75) is 45.2 Å². The molecule has 9 nitrogen and oxygen atoms in total. The van der Waals surface area contributed by atoms with Gasteiger partial charge in [-0.05, 0) is 67.1 Å². The second-order valence-electron chi connectivity index (χ2n) is 10.8. The summed E-state index contributed by atoms with van der Waals surface area (Å²) < 4.78 is 83.4. The SMILES string of the molecule is Cc1c(C(=O)NCC(F)(F)F)ccc2nn(CC3CCN(NNCc4ccc(Oc5cccc(C(F)(F)F)n5)cc4)CC3)cc12. The molecule has 0 bridgehead atoms. The fourth-order valence-corrected chi connectivity index (χ4v) is 5.07. The Hall–Kier alpha value is -4.21. The van der Waals surface area contributed by atoms with Crippen LogP contribution in [0.5, 0.6) is 11.6 Å². The number of piperidine rings is 1. The maximum atomic E-state index is 12.9. The van der Waals surface area contributed by atoms with Gasteiger partial charge in [0.05, 0.1) is 5.52 Å². The minimum Gasteiger partial charge on any atom is -0.439 e. The number of amides is 1. The monoisotopic (exact) mass is 635 g/mol. The van der Waals surface area contributed by atoms with E-state index in [1.807, 2.05) is 16.2 Å². The number of hydrogen-bond acceptors (Lipinski definition) is 7. The highest BCUT2D eigenvalue weighted by Gasteiger charge is 2.33. The van der Waals surface area contributed by atoms with E-state index in [4.69, 9.17) is 4.74 Å². The summed E-state index contributed by atoms with van der Waals surface area (Å²) in [6.07, 6.45) is -5.38. The van der Waals surface area contributed by atoms with Crippen LogP contribution in [-0.4, -0.2) is 51.5 Å². The highest BCUT2D eigenvalue weighted by molar-refractivity contribution is 6.00. The van der Waals surface area contributed by atoms with Gasteiger partial charge in [-0.1, -0.05) is 18.2 Å². The summed E-state index contributed by atoms with van der Waals surface area (Å²) in [5.74, 6) is -0.178. The summed E-state index contributed by atoms with van der Waals surface area (Å²) in [5, 5.41) is 9.32. The van der Waals surface area contributed by atoms with Gasteiger partial charge in [-0.3, -0.25) is 9.48 Å². The molecule has 0 spiro atoms. The van der Waals surface area contributed by atoms with E-state index in [2.05, 4.69) is 26.1 Å². The molecule has 3 heterocycles. The van der Waals surface area contributed by atoms with E-state index in [-0.39, 0.29) is 11.4 Å². The Morgan fingerprint density at radius 1 is 1.00 bits per heavy atom. The van der Waals surface area contributed by atoms with Crippen LogP contribution in [0.25, 0.3) is 10.9 Å². The third kappa shape index (κ3) is 8.71. The van der Waals surface area contributed by atoms with Crippen molar-refractivity contribution in [2.24, 2.45) is 5.92 Å². The molecule has 45 heavy (non-hydrogen) atoms. The van der Waals surface area contributed by atoms with E-state index < -0.39 is 30.5 Å². The van der Waals surface area contributed by atoms with Crippen molar-refractivity contribution in [3.8, 4) is 11.6 Å². The Labute approximate surface area is 254 Å². The summed E-state index contributed by atoms with van der Waals surface area (Å²) in [5.41, 5.74) is 7.73. The van der Waals surface area contributed by atoms with E-state index in [1.54, 1.807) is 37.3 Å². The summed E-state index contributed by atoms with van der Waals surface area (Å²) in [7, 11) is 0. The van der Waals surface area contributed by atoms with Gasteiger partial charge in [0.15, 0.2) is 0 Å². The standard InChI is InChI=1S/C30H31F6N7O2/c1-19-23(28(44)37-18-29(31,32)33)9-10-25-24(19)17-43(40-25)16-21-11-13-42(14-12-21)41-38-15-20-5-7-22(8-6-20)45-27-4-2-3-26(39-27)30(34,35)36/h2-10,17,21,38,41H,11-16,18H2,1H3,(H,37,44). The zero-order valence-corrected chi connectivity index (χ0v) is 24.2. The zero-order chi connectivity index (χ0) is 32.2. The summed E-state index contributed by atoms with van der Waals surface area (Å²) in [6.45, 7) is 3.07. The maximum absolute atomic E-state index is 12.9. The molecule has 1 aliphatic rings. The largest absolute Gasteiger partial charge is 0.439 e. The van der Waals surface area contributed by atoms with Crippen LogP contribution in [0.2, 0.25) is 0 Å². The first kappa shape index (κ1) is 32.2. The number of fused-ring (bicyclic) bond motifs is 1. The van der Waals surface area contributed by atoms with Crippen molar-refractivity contribution < 1.29 is 35.9 Å². The number of pyridine rings is 1. The van der Waals surface area contributed by atoms with Gasteiger partial charge >= 0.3 is 12.4 Å². The number of nitrogens with one attached hydrogen (secondary N) is 3. The minimum absolute atomic E-state index is 0.141. The van der Waals surface area contributed by atoms with Gasteiger partial charge in [-0.15, -0.1) is 0 Å². The lowest BCUT2D eigenvalue weighted by Gasteiger charge is -2.32. The van der Waals surface area contributed by atoms with Crippen molar-refractivity contribution in [1.82, 2.24) is 36.1 Å². The molecule has 5 rings (SSSR count). The van der Waals surface area contributed by atoms with Gasteiger partial charge in [0, 0.05) is 49.4 Å². The summed E-state index contributed by atoms with van der Waals surface area (Å²) in [4.78, 5) is 15.8. The number of ether oxygens (including phenoxy) is 1. The van der Waals surface area contributed by atoms with Crippen LogP contribution in [0.4, 0.5) is 26.3 Å². The molecule has 0 saturated carbocycles. The predicted molar refractivity (Wildman–Crippen MR) is 153 cm³/mol. The molecule has 0 aliphatic carbocycles. The molecule has 4 aromatic rings. The number of benzene rings is 2. The van der Waals surface area contributed by atoms with Crippen LogP contribution in [0.1, 0.15) is 40.0 Å². The van der Waals surface area contributed by atoms with Crippen molar-refractivity contribution >= 4 is 16.8 Å². The first-order valence-corrected chi connectivity index (χ1v) is 14.2. The third-order valence-electron chi connectivity index (χ3n) is 7.45. The van der Waals surface area contributed by atoms with Crippen molar-refractivity contribution in [3.63, 3.8) is 0 Å². The lowest BCUT2D eigenvalue weighted by atomic mass is 9.98. The van der Waals surface area contributed by atoms with Crippen LogP contribution in [-0.2, 0) is 19.3 Å². The molecule has 1 aliphatic heterocycles. The molecular weight excluding hydrogens is 604 g/mol. The lowest BCUT2D eigenvalue weighted by Crippen LogP contribution is -2.50. The Morgan fingerprint density at radius 3 is 2.42 bits per heavy atom. The molecule has 2 aromatic heterocycles. The maximum Gasteiger partial charge on any atom is 0.433 e. The predicted octanol–water partition coefficient (Wildman–Crippen LogP) is 5.76. The molecule has 0 radical (unpaired) electrons. The van der Waals surface area contributed by atoms with E-state index in [9.17, 15) is 31.1 Å².